The zero-order valence-corrected chi connectivity index (χ0v) is 25.2. The van der Waals surface area contributed by atoms with Crippen molar-refractivity contribution in [1.82, 2.24) is 4.57 Å². The molecule has 42 heavy (non-hydrogen) atoms. The van der Waals surface area contributed by atoms with Crippen molar-refractivity contribution >= 4 is 50.8 Å². The number of fused-ring (bicyclic) bond motifs is 3. The first-order chi connectivity index (χ1) is 19.8. The minimum Gasteiger partial charge on any atom is -0.493 e. The zero-order valence-electron chi connectivity index (χ0n) is 25.2. The highest BCUT2D eigenvalue weighted by atomic mass is 16.7. The number of carbonyl (C=O) groups excluding carboxylic acids is 4. The molecule has 8 nitrogen and oxygen atoms in total. The van der Waals surface area contributed by atoms with E-state index in [1.54, 1.807) is 39.0 Å². The summed E-state index contributed by atoms with van der Waals surface area (Å²) in [5.74, 6) is -0.387. The van der Waals surface area contributed by atoms with Crippen molar-refractivity contribution in [2.75, 3.05) is 6.61 Å². The van der Waals surface area contributed by atoms with Crippen molar-refractivity contribution in [1.29, 1.82) is 0 Å². The summed E-state index contributed by atoms with van der Waals surface area (Å²) in [4.78, 5) is 53.8. The van der Waals surface area contributed by atoms with Crippen LogP contribution in [0.1, 0.15) is 75.0 Å². The normalized spacial score (nSPS) is 12.0. The van der Waals surface area contributed by atoms with Crippen LogP contribution >= 0.6 is 0 Å². The van der Waals surface area contributed by atoms with Crippen molar-refractivity contribution in [3.05, 3.63) is 76.9 Å². The van der Waals surface area contributed by atoms with E-state index in [0.29, 0.717) is 22.6 Å². The molecule has 0 aliphatic heterocycles. The van der Waals surface area contributed by atoms with Crippen LogP contribution in [-0.2, 0) is 25.8 Å². The molecule has 0 saturated carbocycles. The first-order valence-corrected chi connectivity index (χ1v) is 14.0. The molecule has 218 valence electrons. The number of aromatic nitrogens is 1. The van der Waals surface area contributed by atoms with E-state index in [9.17, 15) is 19.2 Å². The molecule has 0 saturated heterocycles. The Bertz CT molecular complexity index is 1760. The average molecular weight is 569 g/mol. The lowest BCUT2D eigenvalue weighted by molar-refractivity contribution is -0.141. The number of oxime groups is 1. The van der Waals surface area contributed by atoms with Crippen LogP contribution < -0.4 is 4.74 Å². The molecule has 1 aromatic heterocycles. The van der Waals surface area contributed by atoms with Gasteiger partial charge in [-0.05, 0) is 101 Å². The molecular weight excluding hydrogens is 532 g/mol. The Labute approximate surface area is 245 Å². The summed E-state index contributed by atoms with van der Waals surface area (Å²) in [5.41, 5.74) is 4.27. The van der Waals surface area contributed by atoms with Gasteiger partial charge in [0.2, 0.25) is 0 Å². The Morgan fingerprint density at radius 2 is 1.48 bits per heavy atom. The minimum absolute atomic E-state index is 0.111. The molecule has 0 fully saturated rings. The standard InChI is InChI=1S/C34H36N2O6/c1-8-36-30-13-9-24(21(3)35-42-23(5)38)18-28(30)29-19-25(10-14-31(29)36)33(40)27-12-11-26(17-20(27)2)41-16-15-32(39)34(6,7)22(4)37/h9-14,17-19H,8,15-16H2,1-7H3. The summed E-state index contributed by atoms with van der Waals surface area (Å²) in [5, 5.41) is 5.83. The van der Waals surface area contributed by atoms with Gasteiger partial charge in [0.1, 0.15) is 17.3 Å². The smallest absolute Gasteiger partial charge is 0.331 e. The molecule has 0 radical (unpaired) electrons. The molecule has 3 aromatic carbocycles. The number of benzene rings is 3. The fraction of sp³-hybridized carbons (Fsp3) is 0.324. The summed E-state index contributed by atoms with van der Waals surface area (Å²) in [7, 11) is 0. The zero-order chi connectivity index (χ0) is 30.8. The van der Waals surface area contributed by atoms with Gasteiger partial charge in [0.05, 0.1) is 17.7 Å². The monoisotopic (exact) mass is 568 g/mol. The number of carbonyl (C=O) groups is 4. The molecule has 0 aliphatic carbocycles. The Morgan fingerprint density at radius 3 is 2.05 bits per heavy atom. The Balaban J connectivity index is 1.61. The molecule has 0 N–H and O–H groups in total. The van der Waals surface area contributed by atoms with E-state index in [4.69, 9.17) is 9.57 Å². The van der Waals surface area contributed by atoms with Gasteiger partial charge in [0.25, 0.3) is 0 Å². The number of nitrogens with zero attached hydrogens (tertiary/aromatic N) is 2. The fourth-order valence-electron chi connectivity index (χ4n) is 4.90. The van der Waals surface area contributed by atoms with Crippen LogP contribution in [-0.4, -0.2) is 40.2 Å². The van der Waals surface area contributed by atoms with Crippen molar-refractivity contribution in [3.8, 4) is 5.75 Å². The third-order valence-corrected chi connectivity index (χ3v) is 7.79. The maximum Gasteiger partial charge on any atom is 0.331 e. The van der Waals surface area contributed by atoms with Crippen LogP contribution in [0.25, 0.3) is 21.8 Å². The summed E-state index contributed by atoms with van der Waals surface area (Å²) < 4.78 is 7.97. The first kappa shape index (κ1) is 30.4. The van der Waals surface area contributed by atoms with Crippen LogP contribution in [0.2, 0.25) is 0 Å². The second kappa shape index (κ2) is 12.1. The van der Waals surface area contributed by atoms with E-state index in [0.717, 1.165) is 39.5 Å². The van der Waals surface area contributed by atoms with Gasteiger partial charge in [-0.15, -0.1) is 0 Å². The largest absolute Gasteiger partial charge is 0.493 e. The maximum atomic E-state index is 13.6. The van der Waals surface area contributed by atoms with E-state index in [-0.39, 0.29) is 30.4 Å². The summed E-state index contributed by atoms with van der Waals surface area (Å²) in [6.45, 7) is 12.6. The summed E-state index contributed by atoms with van der Waals surface area (Å²) in [6, 6.07) is 16.9. The van der Waals surface area contributed by atoms with Gasteiger partial charge in [-0.25, -0.2) is 4.79 Å². The number of Topliss-reactive ketones (excluding diaryl/α,β-unsaturated/α-hetero) is 2. The first-order valence-electron chi connectivity index (χ1n) is 14.0. The number of ketones is 3. The molecule has 0 amide bonds. The van der Waals surface area contributed by atoms with Gasteiger partial charge in [-0.1, -0.05) is 11.2 Å². The lowest BCUT2D eigenvalue weighted by atomic mass is 9.83. The van der Waals surface area contributed by atoms with Crippen LogP contribution in [0.5, 0.6) is 5.75 Å². The van der Waals surface area contributed by atoms with E-state index in [1.165, 1.54) is 13.8 Å². The van der Waals surface area contributed by atoms with Gasteiger partial charge in [0.15, 0.2) is 5.78 Å². The number of hydrogen-bond acceptors (Lipinski definition) is 7. The molecule has 0 aliphatic rings. The van der Waals surface area contributed by atoms with E-state index in [1.807, 2.05) is 43.3 Å². The highest BCUT2D eigenvalue weighted by Gasteiger charge is 2.31. The number of aryl methyl sites for hydroxylation is 2. The Kier molecular flexibility index (Phi) is 8.75. The lowest BCUT2D eigenvalue weighted by Crippen LogP contribution is -2.32. The highest BCUT2D eigenvalue weighted by molar-refractivity contribution is 6.16. The third-order valence-electron chi connectivity index (χ3n) is 7.79. The van der Waals surface area contributed by atoms with Gasteiger partial charge in [-0.2, -0.15) is 0 Å². The molecule has 0 unspecified atom stereocenters. The van der Waals surface area contributed by atoms with Crippen LogP contribution in [0, 0.1) is 12.3 Å². The Hall–Kier alpha value is -4.59. The van der Waals surface area contributed by atoms with E-state index >= 15 is 0 Å². The second-order valence-electron chi connectivity index (χ2n) is 11.0. The van der Waals surface area contributed by atoms with Gasteiger partial charge < -0.3 is 14.1 Å². The lowest BCUT2D eigenvalue weighted by Gasteiger charge is -2.19. The van der Waals surface area contributed by atoms with Crippen LogP contribution in [0.3, 0.4) is 0 Å². The minimum atomic E-state index is -1.03. The SMILES string of the molecule is CCn1c2ccc(C(=O)c3ccc(OCCC(=O)C(C)(C)C(C)=O)cc3C)cc2c2cc(C(C)=NOC(C)=O)ccc21. The topological polar surface area (TPSA) is 104 Å². The molecule has 1 heterocycles. The van der Waals surface area contributed by atoms with Gasteiger partial charge in [0, 0.05) is 52.8 Å². The van der Waals surface area contributed by atoms with Gasteiger partial charge >= 0.3 is 5.97 Å². The second-order valence-corrected chi connectivity index (χ2v) is 11.0. The molecule has 0 atom stereocenters. The van der Waals surface area contributed by atoms with Gasteiger partial charge in [-0.3, -0.25) is 14.4 Å². The maximum absolute atomic E-state index is 13.6. The predicted octanol–water partition coefficient (Wildman–Crippen LogP) is 6.59. The fourth-order valence-corrected chi connectivity index (χ4v) is 4.90. The highest BCUT2D eigenvalue weighted by Crippen LogP contribution is 2.32. The van der Waals surface area contributed by atoms with Crippen LogP contribution in [0.4, 0.5) is 0 Å². The van der Waals surface area contributed by atoms with Crippen molar-refractivity contribution in [2.24, 2.45) is 10.6 Å². The summed E-state index contributed by atoms with van der Waals surface area (Å²) in [6.07, 6.45) is 0.120. The quantitative estimate of drug-likeness (QED) is 0.0664. The molecule has 0 bridgehead atoms. The molecule has 8 heteroatoms. The van der Waals surface area contributed by atoms with Crippen molar-refractivity contribution in [3.63, 3.8) is 0 Å². The van der Waals surface area contributed by atoms with Crippen molar-refractivity contribution in [2.45, 2.75) is 61.4 Å². The molecular formula is C34H36N2O6. The number of rotatable bonds is 11. The molecule has 4 aromatic rings. The van der Waals surface area contributed by atoms with Crippen molar-refractivity contribution < 1.29 is 28.8 Å². The molecule has 4 rings (SSSR count). The van der Waals surface area contributed by atoms with E-state index < -0.39 is 11.4 Å². The average Bonchev–Trinajstić information content (AvgIpc) is 3.27. The third kappa shape index (κ3) is 6.03. The van der Waals surface area contributed by atoms with E-state index in [2.05, 4.69) is 16.6 Å². The van der Waals surface area contributed by atoms with Crippen LogP contribution in [0.15, 0.2) is 59.8 Å². The number of hydrogen-bond donors (Lipinski definition) is 0. The Morgan fingerprint density at radius 1 is 0.857 bits per heavy atom. The number of ether oxygens (including phenoxy) is 1. The predicted molar refractivity (Wildman–Crippen MR) is 163 cm³/mol. The summed E-state index contributed by atoms with van der Waals surface area (Å²) >= 11 is 0. The molecule has 0 spiro atoms.